The Kier molecular flexibility index (Phi) is 6.99. The number of rotatable bonds is 6. The molecule has 26 heavy (non-hydrogen) atoms. The first-order valence-corrected chi connectivity index (χ1v) is 7.99. The normalized spacial score (nSPS) is 10.4. The molecule has 0 aliphatic heterocycles. The Morgan fingerprint density at radius 2 is 1.81 bits per heavy atom. The predicted molar refractivity (Wildman–Crippen MR) is 98.6 cm³/mol. The standard InChI is InChI=1S/C18H18ClN3O4/c1-25-15-5-3-4-13(16(15)26-2)11-21-22-18(24)17(23)20-10-12-6-8-14(19)9-7-12/h3-9,11H,10H2,1-2H3,(H,20,23)(H,22,24)/b21-11-. The number of ether oxygens (including phenoxy) is 2. The second-order valence-electron chi connectivity index (χ2n) is 5.09. The molecule has 0 radical (unpaired) electrons. The number of carbonyl (C=O) groups excluding carboxylic acids is 2. The average Bonchev–Trinajstić information content (AvgIpc) is 2.66. The summed E-state index contributed by atoms with van der Waals surface area (Å²) < 4.78 is 10.4. The zero-order valence-corrected chi connectivity index (χ0v) is 15.0. The first-order valence-electron chi connectivity index (χ1n) is 7.61. The van der Waals surface area contributed by atoms with E-state index in [0.717, 1.165) is 5.56 Å². The summed E-state index contributed by atoms with van der Waals surface area (Å²) in [5.74, 6) is -0.671. The van der Waals surface area contributed by atoms with Crippen LogP contribution in [0.4, 0.5) is 0 Å². The van der Waals surface area contributed by atoms with Gasteiger partial charge in [-0.1, -0.05) is 29.8 Å². The van der Waals surface area contributed by atoms with E-state index in [9.17, 15) is 9.59 Å². The van der Waals surface area contributed by atoms with Crippen molar-refractivity contribution in [2.45, 2.75) is 6.54 Å². The molecule has 0 spiro atoms. The Bertz CT molecular complexity index is 807. The summed E-state index contributed by atoms with van der Waals surface area (Å²) in [6.07, 6.45) is 1.37. The molecular formula is C18H18ClN3O4. The lowest BCUT2D eigenvalue weighted by atomic mass is 10.2. The molecule has 2 aromatic carbocycles. The SMILES string of the molecule is COc1cccc(/C=N\NC(=O)C(=O)NCc2ccc(Cl)cc2)c1OC. The highest BCUT2D eigenvalue weighted by atomic mass is 35.5. The fraction of sp³-hybridized carbons (Fsp3) is 0.167. The lowest BCUT2D eigenvalue weighted by Gasteiger charge is -2.09. The number of hydrazone groups is 1. The third-order valence-corrected chi connectivity index (χ3v) is 3.63. The molecule has 0 aliphatic rings. The molecule has 0 saturated heterocycles. The maximum absolute atomic E-state index is 11.8. The third kappa shape index (κ3) is 5.22. The van der Waals surface area contributed by atoms with Crippen molar-refractivity contribution in [3.63, 3.8) is 0 Å². The number of para-hydroxylation sites is 1. The van der Waals surface area contributed by atoms with Gasteiger partial charge in [0, 0.05) is 17.1 Å². The van der Waals surface area contributed by atoms with Gasteiger partial charge >= 0.3 is 11.8 Å². The minimum atomic E-state index is -0.878. The Morgan fingerprint density at radius 3 is 2.46 bits per heavy atom. The zero-order valence-electron chi connectivity index (χ0n) is 14.3. The van der Waals surface area contributed by atoms with Gasteiger partial charge in [-0.15, -0.1) is 0 Å². The van der Waals surface area contributed by atoms with E-state index in [0.29, 0.717) is 22.1 Å². The fourth-order valence-electron chi connectivity index (χ4n) is 2.09. The minimum Gasteiger partial charge on any atom is -0.493 e. The molecule has 2 N–H and O–H groups in total. The number of nitrogens with one attached hydrogen (secondary N) is 2. The van der Waals surface area contributed by atoms with E-state index < -0.39 is 11.8 Å². The molecule has 0 saturated carbocycles. The van der Waals surface area contributed by atoms with Gasteiger partial charge in [-0.2, -0.15) is 5.10 Å². The lowest BCUT2D eigenvalue weighted by molar-refractivity contribution is -0.139. The number of hydrogen-bond donors (Lipinski definition) is 2. The molecule has 2 amide bonds. The van der Waals surface area contributed by atoms with Crippen LogP contribution < -0.4 is 20.2 Å². The van der Waals surface area contributed by atoms with E-state index in [4.69, 9.17) is 21.1 Å². The molecule has 2 rings (SSSR count). The van der Waals surface area contributed by atoms with Crippen LogP contribution in [0.3, 0.4) is 0 Å². The van der Waals surface area contributed by atoms with Crippen LogP contribution in [0.1, 0.15) is 11.1 Å². The van der Waals surface area contributed by atoms with Crippen molar-refractivity contribution in [1.29, 1.82) is 0 Å². The van der Waals surface area contributed by atoms with E-state index in [-0.39, 0.29) is 6.54 Å². The lowest BCUT2D eigenvalue weighted by Crippen LogP contribution is -2.37. The molecule has 7 nitrogen and oxygen atoms in total. The molecule has 0 aromatic heterocycles. The van der Waals surface area contributed by atoms with E-state index in [2.05, 4.69) is 15.8 Å². The summed E-state index contributed by atoms with van der Waals surface area (Å²) in [6, 6.07) is 12.1. The monoisotopic (exact) mass is 375 g/mol. The van der Waals surface area contributed by atoms with Crippen molar-refractivity contribution in [3.8, 4) is 11.5 Å². The van der Waals surface area contributed by atoms with E-state index in [1.165, 1.54) is 20.4 Å². The quantitative estimate of drug-likeness (QED) is 0.460. The van der Waals surface area contributed by atoms with Crippen LogP contribution in [0.2, 0.25) is 5.02 Å². The molecule has 136 valence electrons. The summed E-state index contributed by atoms with van der Waals surface area (Å²) >= 11 is 5.79. The highest BCUT2D eigenvalue weighted by Crippen LogP contribution is 2.29. The summed E-state index contributed by atoms with van der Waals surface area (Å²) in [7, 11) is 3.02. The molecule has 0 bridgehead atoms. The average molecular weight is 376 g/mol. The highest BCUT2D eigenvalue weighted by Gasteiger charge is 2.12. The number of amides is 2. The Labute approximate surface area is 155 Å². The van der Waals surface area contributed by atoms with Gasteiger partial charge in [0.2, 0.25) is 0 Å². The van der Waals surface area contributed by atoms with Crippen LogP contribution in [0.25, 0.3) is 0 Å². The van der Waals surface area contributed by atoms with Gasteiger partial charge in [0.05, 0.1) is 20.4 Å². The van der Waals surface area contributed by atoms with E-state index >= 15 is 0 Å². The van der Waals surface area contributed by atoms with Gasteiger partial charge in [-0.25, -0.2) is 5.43 Å². The van der Waals surface area contributed by atoms with Crippen LogP contribution >= 0.6 is 11.6 Å². The molecule has 0 fully saturated rings. The zero-order chi connectivity index (χ0) is 18.9. The molecular weight excluding hydrogens is 358 g/mol. The predicted octanol–water partition coefficient (Wildman–Crippen LogP) is 2.12. The summed E-state index contributed by atoms with van der Waals surface area (Å²) in [6.45, 7) is 0.205. The maximum atomic E-state index is 11.8. The van der Waals surface area contributed by atoms with Crippen LogP contribution in [-0.4, -0.2) is 32.2 Å². The van der Waals surface area contributed by atoms with Crippen molar-refractivity contribution in [2.24, 2.45) is 5.10 Å². The Hall–Kier alpha value is -3.06. The van der Waals surface area contributed by atoms with Crippen molar-refractivity contribution >= 4 is 29.6 Å². The van der Waals surface area contributed by atoms with Crippen LogP contribution in [-0.2, 0) is 16.1 Å². The number of hydrogen-bond acceptors (Lipinski definition) is 5. The van der Waals surface area contributed by atoms with Crippen molar-refractivity contribution < 1.29 is 19.1 Å². The first kappa shape index (κ1) is 19.3. The summed E-state index contributed by atoms with van der Waals surface area (Å²) in [4.78, 5) is 23.6. The van der Waals surface area contributed by atoms with E-state index in [1.807, 2.05) is 0 Å². The van der Waals surface area contributed by atoms with Crippen molar-refractivity contribution in [3.05, 3.63) is 58.6 Å². The minimum absolute atomic E-state index is 0.205. The third-order valence-electron chi connectivity index (χ3n) is 3.38. The summed E-state index contributed by atoms with van der Waals surface area (Å²) in [5, 5.41) is 6.87. The Balaban J connectivity index is 1.90. The van der Waals surface area contributed by atoms with Crippen LogP contribution in [0.5, 0.6) is 11.5 Å². The topological polar surface area (TPSA) is 89.0 Å². The van der Waals surface area contributed by atoms with Gasteiger partial charge < -0.3 is 14.8 Å². The largest absolute Gasteiger partial charge is 0.493 e. The number of carbonyl (C=O) groups is 2. The molecule has 8 heteroatoms. The Morgan fingerprint density at radius 1 is 1.08 bits per heavy atom. The fourth-order valence-corrected chi connectivity index (χ4v) is 2.22. The maximum Gasteiger partial charge on any atom is 0.329 e. The van der Waals surface area contributed by atoms with Crippen LogP contribution in [0, 0.1) is 0 Å². The number of halogens is 1. The molecule has 0 unspecified atom stereocenters. The highest BCUT2D eigenvalue weighted by molar-refractivity contribution is 6.35. The van der Waals surface area contributed by atoms with Gasteiger partial charge in [0.1, 0.15) is 0 Å². The van der Waals surface area contributed by atoms with Crippen molar-refractivity contribution in [2.75, 3.05) is 14.2 Å². The number of benzene rings is 2. The van der Waals surface area contributed by atoms with Gasteiger partial charge in [-0.3, -0.25) is 9.59 Å². The first-order chi connectivity index (χ1) is 12.5. The smallest absolute Gasteiger partial charge is 0.329 e. The molecule has 0 heterocycles. The second kappa shape index (κ2) is 9.43. The molecule has 0 aliphatic carbocycles. The van der Waals surface area contributed by atoms with Crippen LogP contribution in [0.15, 0.2) is 47.6 Å². The van der Waals surface area contributed by atoms with Gasteiger partial charge in [0.15, 0.2) is 11.5 Å². The van der Waals surface area contributed by atoms with E-state index in [1.54, 1.807) is 42.5 Å². The van der Waals surface area contributed by atoms with Crippen molar-refractivity contribution in [1.82, 2.24) is 10.7 Å². The summed E-state index contributed by atoms with van der Waals surface area (Å²) in [5.41, 5.74) is 3.58. The van der Waals surface area contributed by atoms with Gasteiger partial charge in [0.25, 0.3) is 0 Å². The second-order valence-corrected chi connectivity index (χ2v) is 5.53. The number of methoxy groups -OCH3 is 2. The molecule has 2 aromatic rings. The molecule has 0 atom stereocenters. The van der Waals surface area contributed by atoms with Gasteiger partial charge in [-0.05, 0) is 29.8 Å². The number of nitrogens with zero attached hydrogens (tertiary/aromatic N) is 1.